The molecule has 1 aliphatic carbocycles. The zero-order chi connectivity index (χ0) is 14.1. The Morgan fingerprint density at radius 2 is 2.06 bits per heavy atom. The molecule has 0 spiro atoms. The molecule has 1 saturated carbocycles. The van der Waals surface area contributed by atoms with E-state index in [4.69, 9.17) is 10.9 Å². The summed E-state index contributed by atoms with van der Waals surface area (Å²) in [5, 5.41) is 21.6. The van der Waals surface area contributed by atoms with E-state index in [1.54, 1.807) is 20.9 Å². The summed E-state index contributed by atoms with van der Waals surface area (Å²) in [6.45, 7) is 5.50. The van der Waals surface area contributed by atoms with Gasteiger partial charge in [0.15, 0.2) is 5.84 Å². The minimum Gasteiger partial charge on any atom is -0.409 e. The first-order valence-electron chi connectivity index (χ1n) is 6.08. The standard InChI is InChI=1S/C12H23N3O3/c1-8-5-12(6-8,9(13)14-18)10(16)15(4)7-11(2,3)17/h8,17-18H,5-7H2,1-4H3,(H2,13,14). The number of rotatable bonds is 4. The Morgan fingerprint density at radius 3 is 2.39 bits per heavy atom. The maximum atomic E-state index is 12.4. The number of oxime groups is 1. The van der Waals surface area contributed by atoms with Gasteiger partial charge in [0, 0.05) is 13.6 Å². The van der Waals surface area contributed by atoms with Crippen molar-refractivity contribution in [1.29, 1.82) is 0 Å². The molecule has 0 saturated heterocycles. The number of nitrogens with two attached hydrogens (primary N) is 1. The van der Waals surface area contributed by atoms with Gasteiger partial charge in [0.25, 0.3) is 0 Å². The van der Waals surface area contributed by atoms with E-state index in [1.807, 2.05) is 6.92 Å². The van der Waals surface area contributed by atoms with Crippen LogP contribution in [-0.4, -0.2) is 46.1 Å². The quantitative estimate of drug-likeness (QED) is 0.293. The minimum atomic E-state index is -0.966. The van der Waals surface area contributed by atoms with Crippen molar-refractivity contribution in [2.75, 3.05) is 13.6 Å². The number of hydrogen-bond donors (Lipinski definition) is 3. The first-order chi connectivity index (χ1) is 8.12. The third-order valence-corrected chi connectivity index (χ3v) is 3.37. The summed E-state index contributed by atoms with van der Waals surface area (Å²) in [7, 11) is 1.62. The van der Waals surface area contributed by atoms with E-state index in [9.17, 15) is 9.90 Å². The molecule has 6 nitrogen and oxygen atoms in total. The second-order valence-corrected chi connectivity index (χ2v) is 6.05. The molecule has 6 heteroatoms. The van der Waals surface area contributed by atoms with Crippen molar-refractivity contribution >= 4 is 11.7 Å². The molecule has 1 rings (SSSR count). The molecule has 0 heterocycles. The number of amidine groups is 1. The van der Waals surface area contributed by atoms with Crippen LogP contribution in [0.15, 0.2) is 5.16 Å². The fourth-order valence-electron chi connectivity index (χ4n) is 2.74. The highest BCUT2D eigenvalue weighted by molar-refractivity contribution is 6.07. The monoisotopic (exact) mass is 257 g/mol. The molecule has 0 aromatic heterocycles. The Labute approximate surface area is 107 Å². The first kappa shape index (κ1) is 14.8. The molecule has 104 valence electrons. The molecule has 4 N–H and O–H groups in total. The van der Waals surface area contributed by atoms with Crippen molar-refractivity contribution < 1.29 is 15.1 Å². The predicted octanol–water partition coefficient (Wildman–Crippen LogP) is 0.378. The van der Waals surface area contributed by atoms with Crippen molar-refractivity contribution in [3.05, 3.63) is 0 Å². The maximum absolute atomic E-state index is 12.4. The Balaban J connectivity index is 2.86. The average molecular weight is 257 g/mol. The SMILES string of the molecule is CC1CC(C(=O)N(C)CC(C)(C)O)(C(N)=NO)C1. The van der Waals surface area contributed by atoms with Crippen LogP contribution < -0.4 is 5.73 Å². The highest BCUT2D eigenvalue weighted by atomic mass is 16.4. The van der Waals surface area contributed by atoms with Gasteiger partial charge < -0.3 is 20.9 Å². The normalized spacial score (nSPS) is 28.7. The molecule has 18 heavy (non-hydrogen) atoms. The molecule has 1 aliphatic rings. The summed E-state index contributed by atoms with van der Waals surface area (Å²) in [5.74, 6) is 0.149. The van der Waals surface area contributed by atoms with Gasteiger partial charge in [0.1, 0.15) is 5.41 Å². The van der Waals surface area contributed by atoms with Gasteiger partial charge in [-0.25, -0.2) is 0 Å². The third kappa shape index (κ3) is 2.75. The van der Waals surface area contributed by atoms with Gasteiger partial charge in [-0.05, 0) is 32.6 Å². The third-order valence-electron chi connectivity index (χ3n) is 3.37. The highest BCUT2D eigenvalue weighted by Crippen LogP contribution is 2.47. The average Bonchev–Trinajstić information content (AvgIpc) is 2.19. The second-order valence-electron chi connectivity index (χ2n) is 6.05. The van der Waals surface area contributed by atoms with Crippen LogP contribution >= 0.6 is 0 Å². The van der Waals surface area contributed by atoms with Crippen molar-refractivity contribution in [3.63, 3.8) is 0 Å². The second kappa shape index (κ2) is 4.76. The summed E-state index contributed by atoms with van der Waals surface area (Å²) in [5.41, 5.74) is 3.81. The molecule has 1 amide bonds. The van der Waals surface area contributed by atoms with Gasteiger partial charge in [-0.15, -0.1) is 0 Å². The van der Waals surface area contributed by atoms with Gasteiger partial charge in [-0.1, -0.05) is 12.1 Å². The summed E-state index contributed by atoms with van der Waals surface area (Å²) >= 11 is 0. The first-order valence-corrected chi connectivity index (χ1v) is 6.08. The molecule has 0 radical (unpaired) electrons. The topological polar surface area (TPSA) is 99.2 Å². The minimum absolute atomic E-state index is 0.0341. The van der Waals surface area contributed by atoms with Gasteiger partial charge in [-0.2, -0.15) is 0 Å². The zero-order valence-corrected chi connectivity index (χ0v) is 11.5. The van der Waals surface area contributed by atoms with Crippen LogP contribution in [0, 0.1) is 11.3 Å². The maximum Gasteiger partial charge on any atom is 0.236 e. The molecule has 0 aliphatic heterocycles. The van der Waals surface area contributed by atoms with Crippen molar-refractivity contribution in [2.24, 2.45) is 22.2 Å². The van der Waals surface area contributed by atoms with Crippen LogP contribution in [0.25, 0.3) is 0 Å². The van der Waals surface area contributed by atoms with E-state index in [0.717, 1.165) is 0 Å². The van der Waals surface area contributed by atoms with Crippen LogP contribution in [0.3, 0.4) is 0 Å². The van der Waals surface area contributed by atoms with E-state index < -0.39 is 11.0 Å². The van der Waals surface area contributed by atoms with Crippen molar-refractivity contribution in [2.45, 2.75) is 39.2 Å². The Bertz CT molecular complexity index is 354. The lowest BCUT2D eigenvalue weighted by molar-refractivity contribution is -0.145. The molecule has 0 aromatic rings. The number of nitrogens with zero attached hydrogens (tertiary/aromatic N) is 2. The summed E-state index contributed by atoms with van der Waals surface area (Å²) in [6, 6.07) is 0. The fraction of sp³-hybridized carbons (Fsp3) is 0.833. The summed E-state index contributed by atoms with van der Waals surface area (Å²) in [6.07, 6.45) is 1.16. The van der Waals surface area contributed by atoms with Gasteiger partial charge in [0.2, 0.25) is 5.91 Å². The smallest absolute Gasteiger partial charge is 0.236 e. The Morgan fingerprint density at radius 1 is 1.56 bits per heavy atom. The molecule has 0 bridgehead atoms. The molecular formula is C12H23N3O3. The van der Waals surface area contributed by atoms with Crippen LogP contribution in [0.4, 0.5) is 0 Å². The summed E-state index contributed by atoms with van der Waals surface area (Å²) < 4.78 is 0. The lowest BCUT2D eigenvalue weighted by Crippen LogP contribution is -2.58. The van der Waals surface area contributed by atoms with Crippen LogP contribution in [0.1, 0.15) is 33.6 Å². The van der Waals surface area contributed by atoms with Crippen molar-refractivity contribution in [3.8, 4) is 0 Å². The summed E-state index contributed by atoms with van der Waals surface area (Å²) in [4.78, 5) is 13.9. The van der Waals surface area contributed by atoms with Gasteiger partial charge in [0.05, 0.1) is 5.60 Å². The number of carbonyl (C=O) groups is 1. The number of amides is 1. The molecule has 0 atom stereocenters. The molecular weight excluding hydrogens is 234 g/mol. The Kier molecular flexibility index (Phi) is 3.90. The van der Waals surface area contributed by atoms with Crippen LogP contribution in [0.5, 0.6) is 0 Å². The van der Waals surface area contributed by atoms with E-state index in [-0.39, 0.29) is 18.3 Å². The lowest BCUT2D eigenvalue weighted by atomic mass is 9.61. The van der Waals surface area contributed by atoms with E-state index in [2.05, 4.69) is 5.16 Å². The van der Waals surface area contributed by atoms with E-state index in [1.165, 1.54) is 4.90 Å². The largest absolute Gasteiger partial charge is 0.409 e. The van der Waals surface area contributed by atoms with Crippen LogP contribution in [0.2, 0.25) is 0 Å². The molecule has 0 unspecified atom stereocenters. The number of carbonyl (C=O) groups excluding carboxylic acids is 1. The predicted molar refractivity (Wildman–Crippen MR) is 68.2 cm³/mol. The number of aliphatic hydroxyl groups is 1. The van der Waals surface area contributed by atoms with E-state index >= 15 is 0 Å². The number of likely N-dealkylation sites (N-methyl/N-ethyl adjacent to an activating group) is 1. The van der Waals surface area contributed by atoms with Gasteiger partial charge >= 0.3 is 0 Å². The van der Waals surface area contributed by atoms with Crippen molar-refractivity contribution in [1.82, 2.24) is 4.90 Å². The lowest BCUT2D eigenvalue weighted by Gasteiger charge is -2.46. The number of hydrogen-bond acceptors (Lipinski definition) is 4. The zero-order valence-electron chi connectivity index (χ0n) is 11.5. The highest BCUT2D eigenvalue weighted by Gasteiger charge is 2.53. The fourth-order valence-corrected chi connectivity index (χ4v) is 2.74. The Hall–Kier alpha value is -1.30. The van der Waals surface area contributed by atoms with Gasteiger partial charge in [-0.3, -0.25) is 4.79 Å². The van der Waals surface area contributed by atoms with Crippen LogP contribution in [-0.2, 0) is 4.79 Å². The van der Waals surface area contributed by atoms with E-state index in [0.29, 0.717) is 18.8 Å². The molecule has 0 aromatic carbocycles. The molecule has 1 fully saturated rings.